The van der Waals surface area contributed by atoms with E-state index in [-0.39, 0.29) is 38.1 Å². The van der Waals surface area contributed by atoms with Crippen molar-refractivity contribution >= 4 is 0 Å². The minimum absolute atomic E-state index is 0.0162. The fourth-order valence-electron chi connectivity index (χ4n) is 11.7. The zero-order valence-electron chi connectivity index (χ0n) is 23.1. The van der Waals surface area contributed by atoms with Gasteiger partial charge in [0.25, 0.3) is 0 Å². The lowest BCUT2D eigenvalue weighted by atomic mass is 9.32. The smallest absolute Gasteiger partial charge is 0.231 e. The van der Waals surface area contributed by atoms with Crippen LogP contribution in [0.5, 0.6) is 0 Å². The second-order valence-corrected chi connectivity index (χ2v) is 14.9. The van der Waals surface area contributed by atoms with E-state index in [4.69, 9.17) is 0 Å². The molecular weight excluding hydrogens is 434 g/mol. The van der Waals surface area contributed by atoms with Crippen molar-refractivity contribution in [2.45, 2.75) is 112 Å². The number of nitro groups is 1. The minimum atomic E-state index is -0.257. The predicted molar refractivity (Wildman–Crippen MR) is 141 cm³/mol. The van der Waals surface area contributed by atoms with Crippen molar-refractivity contribution in [2.75, 3.05) is 0 Å². The molecule has 0 aromatic rings. The number of nitrogens with zero attached hydrogens (tertiary/aromatic N) is 1. The van der Waals surface area contributed by atoms with Crippen LogP contribution in [0.15, 0.2) is 24.4 Å². The summed E-state index contributed by atoms with van der Waals surface area (Å²) < 4.78 is 0. The predicted octanol–water partition coefficient (Wildman–Crippen LogP) is 7.80. The van der Waals surface area contributed by atoms with Gasteiger partial charge in [-0.1, -0.05) is 46.8 Å². The molecule has 0 saturated heterocycles. The van der Waals surface area contributed by atoms with Gasteiger partial charge in [0, 0.05) is 0 Å². The topological polar surface area (TPSA) is 63.4 Å². The normalized spacial score (nSPS) is 52.8. The largest absolute Gasteiger partial charge is 0.393 e. The molecule has 0 amide bonds. The van der Waals surface area contributed by atoms with Crippen molar-refractivity contribution in [3.8, 4) is 0 Å². The minimum Gasteiger partial charge on any atom is -0.393 e. The van der Waals surface area contributed by atoms with Gasteiger partial charge in [0.1, 0.15) is 0 Å². The van der Waals surface area contributed by atoms with Gasteiger partial charge in [-0.15, -0.1) is 0 Å². The van der Waals surface area contributed by atoms with Gasteiger partial charge in [-0.3, -0.25) is 10.1 Å². The summed E-state index contributed by atoms with van der Waals surface area (Å²) in [5.41, 5.74) is 2.04. The van der Waals surface area contributed by atoms with E-state index < -0.39 is 0 Å². The molecule has 5 aliphatic rings. The lowest BCUT2D eigenvalue weighted by Crippen LogP contribution is -2.66. The van der Waals surface area contributed by atoms with Gasteiger partial charge in [-0.25, -0.2) is 0 Å². The Labute approximate surface area is 213 Å². The average molecular weight is 484 g/mol. The third-order valence-corrected chi connectivity index (χ3v) is 13.6. The van der Waals surface area contributed by atoms with Crippen molar-refractivity contribution < 1.29 is 10.0 Å². The van der Waals surface area contributed by atoms with Crippen molar-refractivity contribution in [2.24, 2.45) is 56.7 Å². The van der Waals surface area contributed by atoms with E-state index in [1.54, 1.807) is 0 Å². The van der Waals surface area contributed by atoms with Crippen molar-refractivity contribution in [1.82, 2.24) is 0 Å². The van der Waals surface area contributed by atoms with Crippen LogP contribution in [0, 0.1) is 66.8 Å². The lowest BCUT2D eigenvalue weighted by molar-refractivity contribution is -0.403. The first-order valence-electron chi connectivity index (χ1n) is 14.4. The van der Waals surface area contributed by atoms with E-state index in [2.05, 4.69) is 48.1 Å². The van der Waals surface area contributed by atoms with E-state index in [0.29, 0.717) is 29.6 Å². The summed E-state index contributed by atoms with van der Waals surface area (Å²) in [5, 5.41) is 22.3. The molecule has 5 aliphatic carbocycles. The Hall–Kier alpha value is -1.16. The van der Waals surface area contributed by atoms with Gasteiger partial charge in [-0.2, -0.15) is 0 Å². The molecule has 0 aliphatic heterocycles. The highest BCUT2D eigenvalue weighted by atomic mass is 16.6. The molecule has 0 aromatic heterocycles. The van der Waals surface area contributed by atoms with Crippen LogP contribution in [0.1, 0.15) is 106 Å². The van der Waals surface area contributed by atoms with Gasteiger partial charge >= 0.3 is 0 Å². The highest BCUT2D eigenvalue weighted by molar-refractivity contribution is 5.24. The van der Waals surface area contributed by atoms with E-state index in [1.807, 2.05) is 6.08 Å². The second-order valence-electron chi connectivity index (χ2n) is 14.9. The molecule has 5 saturated carbocycles. The summed E-state index contributed by atoms with van der Waals surface area (Å²) in [6.07, 6.45) is 14.6. The standard InChI is InChI=1S/C31H49NO3/c1-20(2)21-10-15-31(18-19-32(34)35)17-16-29(6)22(26(21)31)8-9-24-28(5)13-12-25(33)27(3,4)23(28)11-14-30(24,29)7/h18-19,21-26,33H,1,8-17H2,2-7H3/t21-,22+,23-,24+,25-,26+,28-,29+,30+,31+/m0/s1. The first kappa shape index (κ1) is 25.5. The second kappa shape index (κ2) is 7.92. The fraction of sp³-hybridized carbons (Fsp3) is 0.871. The summed E-state index contributed by atoms with van der Waals surface area (Å²) in [6.45, 7) is 19.1. The number of fused-ring (bicyclic) bond motifs is 7. The molecule has 0 radical (unpaired) electrons. The third kappa shape index (κ3) is 3.26. The van der Waals surface area contributed by atoms with Gasteiger partial charge in [0.05, 0.1) is 11.0 Å². The van der Waals surface area contributed by atoms with Crippen LogP contribution in [0.2, 0.25) is 0 Å². The molecule has 1 N–H and O–H groups in total. The monoisotopic (exact) mass is 483 g/mol. The zero-order valence-corrected chi connectivity index (χ0v) is 23.1. The SMILES string of the molecule is C=C(C)[C@@H]1CC[C@]2(C=C[N+](=O)[O-])CC[C@]3(C)[C@H](CC[C@@H]4[C@@]5(C)CC[C@H](O)C(C)(C)[C@@H]5CC[C@]43C)[C@@H]12. The average Bonchev–Trinajstić information content (AvgIpc) is 3.16. The molecule has 0 heterocycles. The third-order valence-electron chi connectivity index (χ3n) is 13.6. The summed E-state index contributed by atoms with van der Waals surface area (Å²) in [4.78, 5) is 11.1. The molecule has 196 valence electrons. The molecule has 0 bridgehead atoms. The molecule has 4 nitrogen and oxygen atoms in total. The van der Waals surface area contributed by atoms with Crippen LogP contribution in [0.3, 0.4) is 0 Å². The lowest BCUT2D eigenvalue weighted by Gasteiger charge is -2.72. The van der Waals surface area contributed by atoms with Crippen LogP contribution in [-0.4, -0.2) is 16.1 Å². The van der Waals surface area contributed by atoms with Crippen molar-refractivity contribution in [3.05, 3.63) is 34.5 Å². The maximum absolute atomic E-state index is 11.4. The Morgan fingerprint density at radius 2 is 1.63 bits per heavy atom. The molecule has 10 atom stereocenters. The van der Waals surface area contributed by atoms with E-state index in [0.717, 1.165) is 32.1 Å². The van der Waals surface area contributed by atoms with Crippen LogP contribution >= 0.6 is 0 Å². The number of aliphatic hydroxyl groups is 1. The molecule has 0 aromatic carbocycles. The Kier molecular flexibility index (Phi) is 5.77. The zero-order chi connectivity index (χ0) is 25.6. The van der Waals surface area contributed by atoms with Crippen LogP contribution < -0.4 is 0 Å². The number of rotatable bonds is 3. The highest BCUT2D eigenvalue weighted by Crippen LogP contribution is 2.77. The molecule has 5 rings (SSSR count). The summed E-state index contributed by atoms with van der Waals surface area (Å²) in [6, 6.07) is 0. The molecular formula is C31H49NO3. The maximum atomic E-state index is 11.4. The Morgan fingerprint density at radius 1 is 0.914 bits per heavy atom. The molecule has 0 unspecified atom stereocenters. The molecule has 4 heteroatoms. The fourth-order valence-corrected chi connectivity index (χ4v) is 11.7. The van der Waals surface area contributed by atoms with E-state index in [9.17, 15) is 15.2 Å². The summed E-state index contributed by atoms with van der Waals surface area (Å²) in [5.74, 6) is 2.82. The summed E-state index contributed by atoms with van der Waals surface area (Å²) in [7, 11) is 0. The number of allylic oxidation sites excluding steroid dienone is 2. The molecule has 35 heavy (non-hydrogen) atoms. The van der Waals surface area contributed by atoms with Crippen molar-refractivity contribution in [3.63, 3.8) is 0 Å². The highest BCUT2D eigenvalue weighted by Gasteiger charge is 2.70. The van der Waals surface area contributed by atoms with Gasteiger partial charge in [-0.05, 0) is 134 Å². The molecule has 0 spiro atoms. The Morgan fingerprint density at radius 3 is 2.29 bits per heavy atom. The maximum Gasteiger partial charge on any atom is 0.231 e. The first-order valence-corrected chi connectivity index (χ1v) is 14.4. The van der Waals surface area contributed by atoms with E-state index >= 15 is 0 Å². The Balaban J connectivity index is 1.55. The number of hydrogen-bond acceptors (Lipinski definition) is 3. The number of hydrogen-bond donors (Lipinski definition) is 1. The van der Waals surface area contributed by atoms with Gasteiger partial charge in [0.15, 0.2) is 0 Å². The first-order chi connectivity index (χ1) is 16.2. The summed E-state index contributed by atoms with van der Waals surface area (Å²) >= 11 is 0. The molecule has 5 fully saturated rings. The van der Waals surface area contributed by atoms with Gasteiger partial charge < -0.3 is 5.11 Å². The van der Waals surface area contributed by atoms with Crippen LogP contribution in [-0.2, 0) is 0 Å². The van der Waals surface area contributed by atoms with Crippen LogP contribution in [0.4, 0.5) is 0 Å². The Bertz CT molecular complexity index is 940. The van der Waals surface area contributed by atoms with Crippen molar-refractivity contribution in [1.29, 1.82) is 0 Å². The quantitative estimate of drug-likeness (QED) is 0.253. The van der Waals surface area contributed by atoms with Crippen LogP contribution in [0.25, 0.3) is 0 Å². The van der Waals surface area contributed by atoms with E-state index in [1.165, 1.54) is 43.9 Å². The van der Waals surface area contributed by atoms with Gasteiger partial charge in [0.2, 0.25) is 6.20 Å². The number of aliphatic hydroxyl groups excluding tert-OH is 1.